The molecule has 5 heteroatoms. The van der Waals surface area contributed by atoms with Gasteiger partial charge in [0.25, 0.3) is 5.91 Å². The first-order valence-corrected chi connectivity index (χ1v) is 9.36. The molecule has 3 rings (SSSR count). The second-order valence-corrected chi connectivity index (χ2v) is 6.85. The Kier molecular flexibility index (Phi) is 6.37. The van der Waals surface area contributed by atoms with E-state index in [-0.39, 0.29) is 11.7 Å². The van der Waals surface area contributed by atoms with Crippen molar-refractivity contribution in [1.29, 1.82) is 0 Å². The Bertz CT molecular complexity index is 798. The molecule has 2 aromatic rings. The molecule has 1 aliphatic heterocycles. The number of carbonyl (C=O) groups excluding carboxylic acids is 2. The Hall–Kier alpha value is -2.50. The lowest BCUT2D eigenvalue weighted by Gasteiger charge is -2.35. The van der Waals surface area contributed by atoms with Crippen LogP contribution in [0.5, 0.6) is 0 Å². The average Bonchev–Trinajstić information content (AvgIpc) is 2.73. The van der Waals surface area contributed by atoms with Crippen LogP contribution in [0.25, 0.3) is 0 Å². The number of rotatable bonds is 6. The van der Waals surface area contributed by atoms with Gasteiger partial charge in [0.05, 0.1) is 12.2 Å². The molecule has 0 atom stereocenters. The van der Waals surface area contributed by atoms with Crippen LogP contribution in [0.3, 0.4) is 0 Å². The highest BCUT2D eigenvalue weighted by Crippen LogP contribution is 2.21. The summed E-state index contributed by atoms with van der Waals surface area (Å²) in [5, 5.41) is 3.72. The fourth-order valence-corrected chi connectivity index (χ4v) is 3.45. The third-order valence-corrected chi connectivity index (χ3v) is 4.96. The van der Waals surface area contributed by atoms with Gasteiger partial charge in [-0.15, -0.1) is 0 Å². The average molecular weight is 366 g/mol. The number of piperidine rings is 1. The zero-order chi connectivity index (χ0) is 19.2. The summed E-state index contributed by atoms with van der Waals surface area (Å²) in [7, 11) is 3.40. The van der Waals surface area contributed by atoms with Gasteiger partial charge in [0.2, 0.25) is 0 Å². The van der Waals surface area contributed by atoms with E-state index in [0.29, 0.717) is 23.3 Å². The van der Waals surface area contributed by atoms with E-state index in [1.165, 1.54) is 6.42 Å². The lowest BCUT2D eigenvalue weighted by atomic mass is 9.95. The van der Waals surface area contributed by atoms with Crippen molar-refractivity contribution < 1.29 is 14.3 Å². The molecule has 2 aromatic carbocycles. The number of ether oxygens (including phenoxy) is 1. The van der Waals surface area contributed by atoms with Crippen LogP contribution >= 0.6 is 0 Å². The number of amides is 1. The van der Waals surface area contributed by atoms with Crippen molar-refractivity contribution in [3.63, 3.8) is 0 Å². The topological polar surface area (TPSA) is 49.9 Å². The van der Waals surface area contributed by atoms with Gasteiger partial charge in [0.15, 0.2) is 5.78 Å². The van der Waals surface area contributed by atoms with Gasteiger partial charge in [-0.05, 0) is 30.5 Å². The molecule has 1 amide bonds. The van der Waals surface area contributed by atoms with Crippen molar-refractivity contribution >= 4 is 11.7 Å². The fraction of sp³-hybridized carbons (Fsp3) is 0.364. The Balaban J connectivity index is 1.96. The standard InChI is InChI=1S/C22H26N2O3/c1-23(24-13-7-4-8-14-24)22(26)19-12-11-17(16-27-2)15-20(19)21(25)18-9-5-3-6-10-18/h3,5-6,9-12,15H,4,7-8,13-14,16H2,1-2H3. The Labute approximate surface area is 160 Å². The lowest BCUT2D eigenvalue weighted by molar-refractivity contribution is -0.00506. The molecule has 0 bridgehead atoms. The number of carbonyl (C=O) groups is 2. The molecular formula is C22H26N2O3. The van der Waals surface area contributed by atoms with Crippen molar-refractivity contribution in [1.82, 2.24) is 10.0 Å². The highest BCUT2D eigenvalue weighted by atomic mass is 16.5. The van der Waals surface area contributed by atoms with Crippen LogP contribution in [0.1, 0.15) is 51.1 Å². The van der Waals surface area contributed by atoms with Crippen molar-refractivity contribution in [3.8, 4) is 0 Å². The molecule has 0 radical (unpaired) electrons. The highest BCUT2D eigenvalue weighted by Gasteiger charge is 2.25. The normalized spacial score (nSPS) is 14.7. The van der Waals surface area contributed by atoms with E-state index in [2.05, 4.69) is 5.01 Å². The van der Waals surface area contributed by atoms with Gasteiger partial charge in [-0.25, -0.2) is 5.01 Å². The van der Waals surface area contributed by atoms with Crippen LogP contribution in [0.15, 0.2) is 48.5 Å². The Morgan fingerprint density at radius 1 is 1.00 bits per heavy atom. The van der Waals surface area contributed by atoms with Gasteiger partial charge in [-0.3, -0.25) is 14.6 Å². The number of benzene rings is 2. The van der Waals surface area contributed by atoms with Crippen LogP contribution in [0, 0.1) is 0 Å². The maximum Gasteiger partial charge on any atom is 0.268 e. The smallest absolute Gasteiger partial charge is 0.268 e. The first kappa shape index (κ1) is 19.3. The fourth-order valence-electron chi connectivity index (χ4n) is 3.45. The Morgan fingerprint density at radius 2 is 1.70 bits per heavy atom. The quantitative estimate of drug-likeness (QED) is 0.734. The molecule has 0 aromatic heterocycles. The molecule has 1 heterocycles. The number of methoxy groups -OCH3 is 1. The van der Waals surface area contributed by atoms with Gasteiger partial charge >= 0.3 is 0 Å². The molecular weight excluding hydrogens is 340 g/mol. The molecule has 5 nitrogen and oxygen atoms in total. The van der Waals surface area contributed by atoms with E-state index in [4.69, 9.17) is 4.74 Å². The third-order valence-electron chi connectivity index (χ3n) is 4.96. The summed E-state index contributed by atoms with van der Waals surface area (Å²) in [6.45, 7) is 2.13. The predicted molar refractivity (Wildman–Crippen MR) is 105 cm³/mol. The van der Waals surface area contributed by atoms with E-state index in [9.17, 15) is 9.59 Å². The molecule has 0 unspecified atom stereocenters. The maximum atomic E-state index is 13.2. The molecule has 0 aliphatic carbocycles. The highest BCUT2D eigenvalue weighted by molar-refractivity contribution is 6.15. The number of hydrogen-bond acceptors (Lipinski definition) is 4. The van der Waals surface area contributed by atoms with Crippen molar-refractivity contribution in [2.45, 2.75) is 25.9 Å². The van der Waals surface area contributed by atoms with Gasteiger partial charge in [0, 0.05) is 38.4 Å². The molecule has 1 aliphatic rings. The van der Waals surface area contributed by atoms with Crippen molar-refractivity contribution in [3.05, 3.63) is 70.8 Å². The molecule has 142 valence electrons. The summed E-state index contributed by atoms with van der Waals surface area (Å²) >= 11 is 0. The summed E-state index contributed by atoms with van der Waals surface area (Å²) in [4.78, 5) is 26.3. The lowest BCUT2D eigenvalue weighted by Crippen LogP contribution is -2.46. The molecule has 1 fully saturated rings. The monoisotopic (exact) mass is 366 g/mol. The van der Waals surface area contributed by atoms with Crippen molar-refractivity contribution in [2.24, 2.45) is 0 Å². The molecule has 27 heavy (non-hydrogen) atoms. The number of hydrogen-bond donors (Lipinski definition) is 0. The summed E-state index contributed by atoms with van der Waals surface area (Å²) in [5.74, 6) is -0.302. The molecule has 1 saturated heterocycles. The van der Waals surface area contributed by atoms with Crippen LogP contribution in [-0.2, 0) is 11.3 Å². The van der Waals surface area contributed by atoms with E-state index in [1.807, 2.05) is 24.3 Å². The molecule has 0 spiro atoms. The largest absolute Gasteiger partial charge is 0.380 e. The van der Waals surface area contributed by atoms with Gasteiger partial charge in [-0.2, -0.15) is 0 Å². The van der Waals surface area contributed by atoms with E-state index < -0.39 is 0 Å². The number of ketones is 1. The molecule has 0 N–H and O–H groups in total. The minimum Gasteiger partial charge on any atom is -0.380 e. The maximum absolute atomic E-state index is 13.2. The van der Waals surface area contributed by atoms with Crippen LogP contribution < -0.4 is 0 Å². The number of nitrogens with zero attached hydrogens (tertiary/aromatic N) is 2. The second-order valence-electron chi connectivity index (χ2n) is 6.85. The number of hydrazine groups is 1. The van der Waals surface area contributed by atoms with Gasteiger partial charge < -0.3 is 4.74 Å². The summed E-state index contributed by atoms with van der Waals surface area (Å²) in [6.07, 6.45) is 3.36. The summed E-state index contributed by atoms with van der Waals surface area (Å²) < 4.78 is 5.20. The van der Waals surface area contributed by atoms with Gasteiger partial charge in [0.1, 0.15) is 0 Å². The third kappa shape index (κ3) is 4.43. The van der Waals surface area contributed by atoms with Crippen LogP contribution in [0.4, 0.5) is 0 Å². The SMILES string of the molecule is COCc1ccc(C(=O)N(C)N2CCCCC2)c(C(=O)c2ccccc2)c1. The van der Waals surface area contributed by atoms with E-state index in [1.54, 1.807) is 43.4 Å². The van der Waals surface area contributed by atoms with Gasteiger partial charge in [-0.1, -0.05) is 42.8 Å². The minimum absolute atomic E-state index is 0.149. The van der Waals surface area contributed by atoms with Crippen molar-refractivity contribution in [2.75, 3.05) is 27.2 Å². The Morgan fingerprint density at radius 3 is 2.37 bits per heavy atom. The summed E-state index contributed by atoms with van der Waals surface area (Å²) in [6, 6.07) is 14.4. The van der Waals surface area contributed by atoms with E-state index >= 15 is 0 Å². The van der Waals surface area contributed by atoms with Crippen LogP contribution in [0.2, 0.25) is 0 Å². The molecule has 0 saturated carbocycles. The van der Waals surface area contributed by atoms with Crippen LogP contribution in [-0.4, -0.2) is 49.0 Å². The predicted octanol–water partition coefficient (Wildman–Crippen LogP) is 3.54. The van der Waals surface area contributed by atoms with E-state index in [0.717, 1.165) is 31.5 Å². The summed E-state index contributed by atoms with van der Waals surface area (Å²) in [5.41, 5.74) is 2.29. The zero-order valence-electron chi connectivity index (χ0n) is 16.0. The minimum atomic E-state index is -0.153. The first-order valence-electron chi connectivity index (χ1n) is 9.36. The first-order chi connectivity index (χ1) is 13.1. The second kappa shape index (κ2) is 8.93. The zero-order valence-corrected chi connectivity index (χ0v) is 16.0.